The van der Waals surface area contributed by atoms with Crippen molar-refractivity contribution in [1.82, 2.24) is 0 Å². The summed E-state index contributed by atoms with van der Waals surface area (Å²) in [7, 11) is 0. The van der Waals surface area contributed by atoms with Gasteiger partial charge in [-0.2, -0.15) is 0 Å². The van der Waals surface area contributed by atoms with Gasteiger partial charge < -0.3 is 9.84 Å². The minimum Gasteiger partial charge on any atom is -0.461 e. The monoisotopic (exact) mass is 342 g/mol. The molecule has 3 nitrogen and oxygen atoms in total. The van der Waals surface area contributed by atoms with Gasteiger partial charge in [0.05, 0.1) is 6.10 Å². The van der Waals surface area contributed by atoms with Crippen molar-refractivity contribution in [1.29, 1.82) is 0 Å². The molecule has 0 amide bonds. The van der Waals surface area contributed by atoms with Crippen LogP contribution in [-0.2, 0) is 9.53 Å². The summed E-state index contributed by atoms with van der Waals surface area (Å²) >= 11 is 0. The summed E-state index contributed by atoms with van der Waals surface area (Å²) in [6.45, 7) is 5.87. The van der Waals surface area contributed by atoms with Crippen LogP contribution < -0.4 is 0 Å². The van der Waals surface area contributed by atoms with Crippen LogP contribution in [0.4, 0.5) is 0 Å². The Morgan fingerprint density at radius 3 is 1.50 bits per heavy atom. The van der Waals surface area contributed by atoms with Crippen molar-refractivity contribution in [2.75, 3.05) is 0 Å². The number of carbonyl (C=O) groups excluding carboxylic acids is 1. The van der Waals surface area contributed by atoms with Crippen molar-refractivity contribution in [3.8, 4) is 0 Å². The summed E-state index contributed by atoms with van der Waals surface area (Å²) in [4.78, 5) is 11.4. The predicted molar refractivity (Wildman–Crippen MR) is 102 cm³/mol. The third-order valence-corrected chi connectivity index (χ3v) is 4.46. The first-order valence-corrected chi connectivity index (χ1v) is 10.5. The molecule has 0 aromatic rings. The van der Waals surface area contributed by atoms with Crippen molar-refractivity contribution in [2.24, 2.45) is 0 Å². The van der Waals surface area contributed by atoms with Gasteiger partial charge in [-0.15, -0.1) is 0 Å². The van der Waals surface area contributed by atoms with Gasteiger partial charge in [0.1, 0.15) is 0 Å². The van der Waals surface area contributed by atoms with Gasteiger partial charge in [0.2, 0.25) is 0 Å². The van der Waals surface area contributed by atoms with Crippen LogP contribution in [0, 0.1) is 0 Å². The normalized spacial score (nSPS) is 12.5. The van der Waals surface area contributed by atoms with Crippen LogP contribution in [-0.4, -0.2) is 23.3 Å². The molecule has 0 bridgehead atoms. The van der Waals surface area contributed by atoms with E-state index in [1.807, 2.05) is 0 Å². The molecule has 0 saturated heterocycles. The number of aliphatic hydroxyl groups is 1. The molecule has 0 aliphatic heterocycles. The Morgan fingerprint density at radius 2 is 1.12 bits per heavy atom. The second-order valence-electron chi connectivity index (χ2n) is 7.39. The maximum atomic E-state index is 11.4. The predicted octanol–water partition coefficient (Wildman–Crippen LogP) is 6.17. The fourth-order valence-corrected chi connectivity index (χ4v) is 2.96. The first-order valence-electron chi connectivity index (χ1n) is 10.5. The SMILES string of the molecule is CCCCCCCCCCCCCCCCC(O)C(=O)OC(C)C. The Kier molecular flexibility index (Phi) is 16.8. The lowest BCUT2D eigenvalue weighted by Gasteiger charge is -2.12. The topological polar surface area (TPSA) is 46.5 Å². The Hall–Kier alpha value is -0.570. The van der Waals surface area contributed by atoms with Gasteiger partial charge in [-0.1, -0.05) is 96.8 Å². The van der Waals surface area contributed by atoms with E-state index in [0.717, 1.165) is 12.8 Å². The van der Waals surface area contributed by atoms with Crippen molar-refractivity contribution in [2.45, 2.75) is 129 Å². The molecule has 0 rings (SSSR count). The number of unbranched alkanes of at least 4 members (excludes halogenated alkanes) is 13. The molecular formula is C21H42O3. The van der Waals surface area contributed by atoms with Crippen LogP contribution in [0.5, 0.6) is 0 Å². The van der Waals surface area contributed by atoms with Gasteiger partial charge in [-0.25, -0.2) is 4.79 Å². The lowest BCUT2D eigenvalue weighted by molar-refractivity contribution is -0.157. The number of esters is 1. The van der Waals surface area contributed by atoms with E-state index in [1.165, 1.54) is 77.0 Å². The Balaban J connectivity index is 3.21. The molecule has 3 heteroatoms. The van der Waals surface area contributed by atoms with Crippen molar-refractivity contribution in [3.63, 3.8) is 0 Å². The maximum absolute atomic E-state index is 11.4. The smallest absolute Gasteiger partial charge is 0.335 e. The lowest BCUT2D eigenvalue weighted by Crippen LogP contribution is -2.25. The molecule has 0 aliphatic carbocycles. The van der Waals surface area contributed by atoms with E-state index in [0.29, 0.717) is 6.42 Å². The molecule has 0 fully saturated rings. The molecule has 24 heavy (non-hydrogen) atoms. The minimum atomic E-state index is -0.940. The van der Waals surface area contributed by atoms with E-state index >= 15 is 0 Å². The van der Waals surface area contributed by atoms with Gasteiger partial charge in [0.15, 0.2) is 6.10 Å². The van der Waals surface area contributed by atoms with E-state index < -0.39 is 12.1 Å². The Bertz CT molecular complexity index is 276. The van der Waals surface area contributed by atoms with Gasteiger partial charge in [-0.3, -0.25) is 0 Å². The number of aliphatic hydroxyl groups excluding tert-OH is 1. The zero-order chi connectivity index (χ0) is 18.0. The van der Waals surface area contributed by atoms with Crippen LogP contribution in [0.3, 0.4) is 0 Å². The Morgan fingerprint density at radius 1 is 0.750 bits per heavy atom. The van der Waals surface area contributed by atoms with Crippen molar-refractivity contribution >= 4 is 5.97 Å². The van der Waals surface area contributed by atoms with E-state index in [-0.39, 0.29) is 6.10 Å². The number of rotatable bonds is 17. The van der Waals surface area contributed by atoms with Crippen LogP contribution >= 0.6 is 0 Å². The number of hydrogen-bond donors (Lipinski definition) is 1. The fraction of sp³-hybridized carbons (Fsp3) is 0.952. The molecule has 0 spiro atoms. The standard InChI is InChI=1S/C21H42O3/c1-4-5-6-7-8-9-10-11-12-13-14-15-16-17-18-20(22)21(23)24-19(2)3/h19-20,22H,4-18H2,1-3H3. The summed E-state index contributed by atoms with van der Waals surface area (Å²) < 4.78 is 4.99. The van der Waals surface area contributed by atoms with Crippen LogP contribution in [0.15, 0.2) is 0 Å². The minimum absolute atomic E-state index is 0.150. The molecule has 144 valence electrons. The summed E-state index contributed by atoms with van der Waals surface area (Å²) in [5.41, 5.74) is 0. The molecule has 0 saturated carbocycles. The molecule has 1 atom stereocenters. The van der Waals surface area contributed by atoms with Gasteiger partial charge in [0, 0.05) is 0 Å². The van der Waals surface area contributed by atoms with Gasteiger partial charge in [0.25, 0.3) is 0 Å². The van der Waals surface area contributed by atoms with Crippen LogP contribution in [0.25, 0.3) is 0 Å². The largest absolute Gasteiger partial charge is 0.461 e. The summed E-state index contributed by atoms with van der Waals surface area (Å²) in [6, 6.07) is 0. The quantitative estimate of drug-likeness (QED) is 0.254. The second kappa shape index (κ2) is 17.3. The maximum Gasteiger partial charge on any atom is 0.335 e. The highest BCUT2D eigenvalue weighted by Crippen LogP contribution is 2.14. The Labute approximate surface area is 150 Å². The third kappa shape index (κ3) is 16.3. The van der Waals surface area contributed by atoms with E-state index in [2.05, 4.69) is 6.92 Å². The molecule has 1 unspecified atom stereocenters. The summed E-state index contributed by atoms with van der Waals surface area (Å²) in [5, 5.41) is 9.68. The van der Waals surface area contributed by atoms with Crippen LogP contribution in [0.2, 0.25) is 0 Å². The number of ether oxygens (including phenoxy) is 1. The van der Waals surface area contributed by atoms with Crippen LogP contribution in [0.1, 0.15) is 117 Å². The highest BCUT2D eigenvalue weighted by atomic mass is 16.6. The molecule has 0 aromatic carbocycles. The van der Waals surface area contributed by atoms with Crippen molar-refractivity contribution in [3.05, 3.63) is 0 Å². The van der Waals surface area contributed by atoms with Gasteiger partial charge >= 0.3 is 5.97 Å². The molecule has 0 aromatic heterocycles. The number of hydrogen-bond acceptors (Lipinski definition) is 3. The van der Waals surface area contributed by atoms with E-state index in [4.69, 9.17) is 4.74 Å². The van der Waals surface area contributed by atoms with E-state index in [1.54, 1.807) is 13.8 Å². The average Bonchev–Trinajstić information content (AvgIpc) is 2.54. The third-order valence-electron chi connectivity index (χ3n) is 4.46. The fourth-order valence-electron chi connectivity index (χ4n) is 2.96. The molecule has 0 radical (unpaired) electrons. The first-order chi connectivity index (χ1) is 11.6. The molecular weight excluding hydrogens is 300 g/mol. The first kappa shape index (κ1) is 23.4. The number of carbonyl (C=O) groups is 1. The summed E-state index contributed by atoms with van der Waals surface area (Å²) in [5.74, 6) is -0.473. The van der Waals surface area contributed by atoms with Gasteiger partial charge in [-0.05, 0) is 20.3 Å². The zero-order valence-electron chi connectivity index (χ0n) is 16.5. The van der Waals surface area contributed by atoms with E-state index in [9.17, 15) is 9.90 Å². The van der Waals surface area contributed by atoms with Crippen molar-refractivity contribution < 1.29 is 14.6 Å². The summed E-state index contributed by atoms with van der Waals surface area (Å²) in [6.07, 6.45) is 17.8. The molecule has 0 heterocycles. The lowest BCUT2D eigenvalue weighted by atomic mass is 10.0. The average molecular weight is 343 g/mol. The zero-order valence-corrected chi connectivity index (χ0v) is 16.5. The molecule has 0 aliphatic rings. The molecule has 1 N–H and O–H groups in total. The second-order valence-corrected chi connectivity index (χ2v) is 7.39. The highest BCUT2D eigenvalue weighted by molar-refractivity contribution is 5.74. The highest BCUT2D eigenvalue weighted by Gasteiger charge is 2.16.